The third-order valence-corrected chi connectivity index (χ3v) is 8.66. The maximum Gasteiger partial charge on any atom is 0.328 e. The number of nitrogens with zero attached hydrogens (tertiary/aromatic N) is 2. The molecular formula is C27H29N3O4S. The minimum Gasteiger partial charge on any atom is -0.496 e. The largest absolute Gasteiger partial charge is 0.496 e. The van der Waals surface area contributed by atoms with Gasteiger partial charge in [-0.3, -0.25) is 9.36 Å². The Balaban J connectivity index is 1.09. The van der Waals surface area contributed by atoms with Crippen molar-refractivity contribution in [3.8, 4) is 11.5 Å². The number of rotatable bonds is 6. The van der Waals surface area contributed by atoms with Crippen molar-refractivity contribution in [3.05, 3.63) is 68.9 Å². The molecule has 2 atom stereocenters. The zero-order valence-electron chi connectivity index (χ0n) is 19.8. The van der Waals surface area contributed by atoms with Crippen molar-refractivity contribution in [2.75, 3.05) is 33.4 Å². The summed E-state index contributed by atoms with van der Waals surface area (Å²) in [5.74, 6) is 2.81. The van der Waals surface area contributed by atoms with Crippen molar-refractivity contribution >= 4 is 31.6 Å². The van der Waals surface area contributed by atoms with E-state index in [-0.39, 0.29) is 11.2 Å². The highest BCUT2D eigenvalue weighted by atomic mass is 32.1. The predicted molar refractivity (Wildman–Crippen MR) is 139 cm³/mol. The van der Waals surface area contributed by atoms with Gasteiger partial charge in [-0.2, -0.15) is 0 Å². The molecule has 6 rings (SSSR count). The number of unbranched alkanes of at least 4 members (excludes halogenated alkanes) is 1. The number of fused-ring (bicyclic) bond motifs is 6. The molecule has 4 aromatic rings. The first-order chi connectivity index (χ1) is 17.1. The summed E-state index contributed by atoms with van der Waals surface area (Å²) in [5, 5.41) is 0.934. The highest BCUT2D eigenvalue weighted by molar-refractivity contribution is 7.25. The Bertz CT molecular complexity index is 1490. The van der Waals surface area contributed by atoms with Crippen LogP contribution < -0.4 is 20.7 Å². The van der Waals surface area contributed by atoms with E-state index in [2.05, 4.69) is 9.88 Å². The van der Waals surface area contributed by atoms with Gasteiger partial charge in [0.2, 0.25) is 0 Å². The van der Waals surface area contributed by atoms with Gasteiger partial charge in [-0.05, 0) is 56.5 Å². The minimum absolute atomic E-state index is 0.183. The highest BCUT2D eigenvalue weighted by Crippen LogP contribution is 2.46. The second-order valence-electron chi connectivity index (χ2n) is 9.54. The van der Waals surface area contributed by atoms with Crippen LogP contribution in [0.15, 0.2) is 52.1 Å². The number of hydrogen-bond acceptors (Lipinski definition) is 6. The predicted octanol–water partition coefficient (Wildman–Crippen LogP) is 4.19. The summed E-state index contributed by atoms with van der Waals surface area (Å²) in [6, 6.07) is 13.9. The SMILES string of the molecule is COc1cccc2c1[C@H]1CCN(CCCCn3c(=O)[nH]c4c(sc5ccccc54)c3=O)C[C@@H]1CO2. The number of likely N-dealkylation sites (tertiary alicyclic amines) is 1. The van der Waals surface area contributed by atoms with Gasteiger partial charge in [-0.1, -0.05) is 24.3 Å². The van der Waals surface area contributed by atoms with Crippen LogP contribution in [0.1, 0.15) is 30.7 Å². The van der Waals surface area contributed by atoms with Crippen LogP contribution in [-0.4, -0.2) is 47.8 Å². The fourth-order valence-electron chi connectivity index (χ4n) is 5.77. The van der Waals surface area contributed by atoms with Gasteiger partial charge in [0.05, 0.1) is 19.2 Å². The molecule has 0 spiro atoms. The van der Waals surface area contributed by atoms with E-state index in [9.17, 15) is 9.59 Å². The number of benzene rings is 2. The summed E-state index contributed by atoms with van der Waals surface area (Å²) in [4.78, 5) is 31.2. The first kappa shape index (κ1) is 22.4. The lowest BCUT2D eigenvalue weighted by Crippen LogP contribution is -2.44. The standard InChI is InChI=1S/C27H29N3O4S/c1-33-20-8-6-9-21-23(20)18-11-14-29(15-17(18)16-34-21)12-4-5-13-30-26(31)25-24(28-27(30)32)19-7-2-3-10-22(19)35-25/h2-3,6-10,17-18H,4-5,11-16H2,1H3,(H,28,32)/t17-,18+/m1/s1. The highest BCUT2D eigenvalue weighted by Gasteiger charge is 2.37. The summed E-state index contributed by atoms with van der Waals surface area (Å²) in [7, 11) is 1.73. The molecule has 4 heterocycles. The molecule has 2 aromatic carbocycles. The number of hydrogen-bond donors (Lipinski definition) is 1. The van der Waals surface area contributed by atoms with E-state index in [1.54, 1.807) is 7.11 Å². The van der Waals surface area contributed by atoms with Crippen molar-refractivity contribution in [1.29, 1.82) is 0 Å². The van der Waals surface area contributed by atoms with Crippen molar-refractivity contribution < 1.29 is 9.47 Å². The second kappa shape index (κ2) is 9.17. The third-order valence-electron chi connectivity index (χ3n) is 7.51. The molecule has 8 heteroatoms. The van der Waals surface area contributed by atoms with E-state index in [1.165, 1.54) is 21.5 Å². The molecule has 1 saturated heterocycles. The summed E-state index contributed by atoms with van der Waals surface area (Å²) >= 11 is 1.45. The van der Waals surface area contributed by atoms with Crippen LogP contribution in [0.2, 0.25) is 0 Å². The number of methoxy groups -OCH3 is 1. The van der Waals surface area contributed by atoms with E-state index in [0.29, 0.717) is 28.6 Å². The van der Waals surface area contributed by atoms with Crippen LogP contribution in [-0.2, 0) is 6.54 Å². The van der Waals surface area contributed by atoms with Crippen LogP contribution in [0.4, 0.5) is 0 Å². The zero-order chi connectivity index (χ0) is 23.9. The normalized spacial score (nSPS) is 19.9. The zero-order valence-corrected chi connectivity index (χ0v) is 20.6. The van der Waals surface area contributed by atoms with Crippen molar-refractivity contribution in [3.63, 3.8) is 0 Å². The van der Waals surface area contributed by atoms with Crippen LogP contribution in [0, 0.1) is 5.92 Å². The van der Waals surface area contributed by atoms with Gasteiger partial charge < -0.3 is 19.4 Å². The van der Waals surface area contributed by atoms with Gasteiger partial charge in [-0.25, -0.2) is 4.79 Å². The lowest BCUT2D eigenvalue weighted by atomic mass is 9.78. The molecule has 2 aromatic heterocycles. The molecule has 0 unspecified atom stereocenters. The number of piperidine rings is 1. The smallest absolute Gasteiger partial charge is 0.328 e. The first-order valence-corrected chi connectivity index (χ1v) is 13.1. The molecule has 0 aliphatic carbocycles. The number of aromatic nitrogens is 2. The Labute approximate surface area is 206 Å². The minimum atomic E-state index is -0.321. The van der Waals surface area contributed by atoms with Gasteiger partial charge in [0.15, 0.2) is 0 Å². The Hall–Kier alpha value is -3.10. The number of thiophene rings is 1. The quantitative estimate of drug-likeness (QED) is 0.409. The summed E-state index contributed by atoms with van der Waals surface area (Å²) in [5.41, 5.74) is 1.38. The maximum absolute atomic E-state index is 13.0. The molecular weight excluding hydrogens is 462 g/mol. The Morgan fingerprint density at radius 3 is 2.86 bits per heavy atom. The summed E-state index contributed by atoms with van der Waals surface area (Å²) in [6.45, 7) is 4.16. The monoisotopic (exact) mass is 491 g/mol. The average molecular weight is 492 g/mol. The van der Waals surface area contributed by atoms with E-state index < -0.39 is 0 Å². The van der Waals surface area contributed by atoms with E-state index in [0.717, 1.165) is 67.1 Å². The summed E-state index contributed by atoms with van der Waals surface area (Å²) < 4.78 is 14.7. The van der Waals surface area contributed by atoms with Crippen LogP contribution >= 0.6 is 11.3 Å². The van der Waals surface area contributed by atoms with Gasteiger partial charge in [0.1, 0.15) is 16.2 Å². The van der Waals surface area contributed by atoms with E-state index >= 15 is 0 Å². The molecule has 2 aliphatic rings. The average Bonchev–Trinajstić information content (AvgIpc) is 3.26. The first-order valence-electron chi connectivity index (χ1n) is 12.3. The fraction of sp³-hybridized carbons (Fsp3) is 0.407. The Morgan fingerprint density at radius 2 is 1.97 bits per heavy atom. The van der Waals surface area contributed by atoms with Crippen molar-refractivity contribution in [2.45, 2.75) is 31.7 Å². The van der Waals surface area contributed by atoms with Crippen molar-refractivity contribution in [2.24, 2.45) is 5.92 Å². The number of nitrogens with one attached hydrogen (secondary N) is 1. The maximum atomic E-state index is 13.0. The number of aromatic amines is 1. The lowest BCUT2D eigenvalue weighted by molar-refractivity contribution is 0.0902. The Morgan fingerprint density at radius 1 is 1.11 bits per heavy atom. The molecule has 2 aliphatic heterocycles. The van der Waals surface area contributed by atoms with Gasteiger partial charge in [0.25, 0.3) is 5.56 Å². The molecule has 0 radical (unpaired) electrons. The number of H-pyrrole nitrogens is 1. The number of ether oxygens (including phenoxy) is 2. The molecule has 0 bridgehead atoms. The van der Waals surface area contributed by atoms with Gasteiger partial charge >= 0.3 is 5.69 Å². The van der Waals surface area contributed by atoms with Gasteiger partial charge in [0, 0.05) is 34.7 Å². The third kappa shape index (κ3) is 3.94. The second-order valence-corrected chi connectivity index (χ2v) is 10.6. The molecule has 0 saturated carbocycles. The van der Waals surface area contributed by atoms with Crippen molar-refractivity contribution in [1.82, 2.24) is 14.5 Å². The lowest BCUT2D eigenvalue weighted by Gasteiger charge is -2.42. The topological polar surface area (TPSA) is 76.6 Å². The van der Waals surface area contributed by atoms with Gasteiger partial charge in [-0.15, -0.1) is 11.3 Å². The Kier molecular flexibility index (Phi) is 5.86. The van der Waals surface area contributed by atoms with Crippen LogP contribution in [0.3, 0.4) is 0 Å². The van der Waals surface area contributed by atoms with E-state index in [4.69, 9.17) is 9.47 Å². The molecule has 7 nitrogen and oxygen atoms in total. The summed E-state index contributed by atoms with van der Waals surface area (Å²) in [6.07, 6.45) is 2.81. The molecule has 182 valence electrons. The van der Waals surface area contributed by atoms with E-state index in [1.807, 2.05) is 42.5 Å². The molecule has 1 fully saturated rings. The fourth-order valence-corrected chi connectivity index (χ4v) is 6.87. The van der Waals surface area contributed by atoms with Crippen LogP contribution in [0.25, 0.3) is 20.3 Å². The molecule has 1 N–H and O–H groups in total. The molecule has 0 amide bonds. The van der Waals surface area contributed by atoms with Crippen LogP contribution in [0.5, 0.6) is 11.5 Å². The molecule has 35 heavy (non-hydrogen) atoms.